The van der Waals surface area contributed by atoms with Gasteiger partial charge in [-0.25, -0.2) is 4.98 Å². The van der Waals surface area contributed by atoms with E-state index in [9.17, 15) is 10.1 Å². The zero-order valence-electron chi connectivity index (χ0n) is 15.5. The molecule has 0 amide bonds. The second-order valence-electron chi connectivity index (χ2n) is 6.21. The molecule has 1 heterocycles. The van der Waals surface area contributed by atoms with E-state index in [-0.39, 0.29) is 12.3 Å². The Kier molecular flexibility index (Phi) is 6.01. The Labute approximate surface area is 184 Å². The number of rotatable bonds is 7. The van der Waals surface area contributed by atoms with Crippen molar-refractivity contribution in [3.8, 4) is 5.75 Å². The van der Waals surface area contributed by atoms with Gasteiger partial charge in [-0.3, -0.25) is 15.5 Å². The monoisotopic (exact) mass is 482 g/mol. The average Bonchev–Trinajstić information content (AvgIpc) is 3.16. The minimum atomic E-state index is -0.412. The molecule has 4 rings (SSSR count). The lowest BCUT2D eigenvalue weighted by molar-refractivity contribution is -0.385. The van der Waals surface area contributed by atoms with E-state index in [1.54, 1.807) is 30.5 Å². The van der Waals surface area contributed by atoms with E-state index in [0.717, 1.165) is 20.3 Å². The van der Waals surface area contributed by atoms with Gasteiger partial charge >= 0.3 is 0 Å². The Bertz CT molecular complexity index is 1210. The summed E-state index contributed by atoms with van der Waals surface area (Å²) in [5, 5.41) is 16.2. The number of para-hydroxylation sites is 2. The highest BCUT2D eigenvalue weighted by molar-refractivity contribution is 9.10. The number of aromatic nitrogens is 1. The molecule has 1 N–H and O–H groups in total. The summed E-state index contributed by atoms with van der Waals surface area (Å²) in [7, 11) is 0. The molecule has 0 saturated carbocycles. The number of fused-ring (bicyclic) bond motifs is 1. The highest BCUT2D eigenvalue weighted by Crippen LogP contribution is 2.27. The van der Waals surface area contributed by atoms with Crippen molar-refractivity contribution in [1.82, 2.24) is 4.98 Å². The quantitative estimate of drug-likeness (QED) is 0.198. The van der Waals surface area contributed by atoms with Crippen molar-refractivity contribution >= 4 is 54.5 Å². The van der Waals surface area contributed by atoms with Crippen molar-refractivity contribution in [2.24, 2.45) is 5.10 Å². The lowest BCUT2D eigenvalue weighted by Crippen LogP contribution is -2.02. The predicted molar refractivity (Wildman–Crippen MR) is 122 cm³/mol. The molecule has 0 aliphatic carbocycles. The number of halogens is 1. The topological polar surface area (TPSA) is 89.7 Å². The summed E-state index contributed by atoms with van der Waals surface area (Å²) in [4.78, 5) is 15.3. The van der Waals surface area contributed by atoms with Crippen molar-refractivity contribution < 1.29 is 9.66 Å². The molecule has 0 spiro atoms. The van der Waals surface area contributed by atoms with Gasteiger partial charge in [0.2, 0.25) is 5.13 Å². The number of nitrogens with zero attached hydrogens (tertiary/aromatic N) is 3. The standard InChI is InChI=1S/C21H15BrN4O3S/c22-16-9-10-19(29-13-14-5-1-3-7-18(14)26(27)28)15(11-16)12-23-25-21-24-17-6-2-4-8-20(17)30-21/h1-12H,13H2,(H,24,25)/b23-12+. The van der Waals surface area contributed by atoms with Gasteiger partial charge in [-0.15, -0.1) is 0 Å². The number of nitro groups is 1. The summed E-state index contributed by atoms with van der Waals surface area (Å²) in [6, 6.07) is 19.9. The van der Waals surface area contributed by atoms with E-state index in [4.69, 9.17) is 4.74 Å². The van der Waals surface area contributed by atoms with Crippen LogP contribution >= 0.6 is 27.3 Å². The van der Waals surface area contributed by atoms with E-state index >= 15 is 0 Å². The highest BCUT2D eigenvalue weighted by Gasteiger charge is 2.13. The van der Waals surface area contributed by atoms with E-state index in [0.29, 0.717) is 16.4 Å². The number of benzene rings is 3. The average molecular weight is 483 g/mol. The Morgan fingerprint density at radius 1 is 1.17 bits per heavy atom. The molecule has 0 atom stereocenters. The van der Waals surface area contributed by atoms with Gasteiger partial charge in [0.05, 0.1) is 26.9 Å². The van der Waals surface area contributed by atoms with Gasteiger partial charge in [0, 0.05) is 16.1 Å². The van der Waals surface area contributed by atoms with Gasteiger partial charge in [-0.05, 0) is 36.4 Å². The lowest BCUT2D eigenvalue weighted by atomic mass is 10.2. The first-order valence-corrected chi connectivity index (χ1v) is 10.5. The molecule has 9 heteroatoms. The highest BCUT2D eigenvalue weighted by atomic mass is 79.9. The first-order chi connectivity index (χ1) is 14.6. The largest absolute Gasteiger partial charge is 0.488 e. The fourth-order valence-electron chi connectivity index (χ4n) is 2.80. The smallest absolute Gasteiger partial charge is 0.276 e. The van der Waals surface area contributed by atoms with Crippen molar-refractivity contribution in [1.29, 1.82) is 0 Å². The van der Waals surface area contributed by atoms with E-state index in [2.05, 4.69) is 31.4 Å². The van der Waals surface area contributed by atoms with Crippen LogP contribution in [0.5, 0.6) is 5.75 Å². The maximum Gasteiger partial charge on any atom is 0.276 e. The van der Waals surface area contributed by atoms with Crippen molar-refractivity contribution in [2.45, 2.75) is 6.61 Å². The Morgan fingerprint density at radius 2 is 1.97 bits per heavy atom. The summed E-state index contributed by atoms with van der Waals surface area (Å²) >= 11 is 4.96. The molecule has 0 aliphatic rings. The van der Waals surface area contributed by atoms with Crippen LogP contribution in [0, 0.1) is 10.1 Å². The van der Waals surface area contributed by atoms with Crippen LogP contribution in [0.4, 0.5) is 10.8 Å². The molecular weight excluding hydrogens is 468 g/mol. The zero-order chi connectivity index (χ0) is 20.9. The predicted octanol–water partition coefficient (Wildman–Crippen LogP) is 5.99. The Morgan fingerprint density at radius 3 is 2.80 bits per heavy atom. The molecule has 0 unspecified atom stereocenters. The van der Waals surface area contributed by atoms with Crippen molar-refractivity contribution in [3.63, 3.8) is 0 Å². The van der Waals surface area contributed by atoms with Crippen LogP contribution in [-0.4, -0.2) is 16.1 Å². The first kappa shape index (κ1) is 20.0. The minimum Gasteiger partial charge on any atom is -0.488 e. The van der Waals surface area contributed by atoms with Gasteiger partial charge in [0.25, 0.3) is 5.69 Å². The van der Waals surface area contributed by atoms with Crippen LogP contribution in [0.3, 0.4) is 0 Å². The van der Waals surface area contributed by atoms with Crippen LogP contribution in [-0.2, 0) is 6.61 Å². The summed E-state index contributed by atoms with van der Waals surface area (Å²) in [6.07, 6.45) is 1.63. The van der Waals surface area contributed by atoms with Crippen LogP contribution in [0.25, 0.3) is 10.2 Å². The number of hydrazone groups is 1. The Hall–Kier alpha value is -3.30. The summed E-state index contributed by atoms with van der Waals surface area (Å²) in [6.45, 7) is 0.0743. The molecule has 0 fully saturated rings. The molecule has 7 nitrogen and oxygen atoms in total. The first-order valence-electron chi connectivity index (χ1n) is 8.89. The Balaban J connectivity index is 1.50. The van der Waals surface area contributed by atoms with Gasteiger partial charge < -0.3 is 4.74 Å². The number of nitro benzene ring substituents is 1. The van der Waals surface area contributed by atoms with Crippen molar-refractivity contribution in [3.05, 3.63) is 92.4 Å². The zero-order valence-corrected chi connectivity index (χ0v) is 17.9. The SMILES string of the molecule is O=[N+]([O-])c1ccccc1COc1ccc(Br)cc1/C=N/Nc1nc2ccccc2s1. The van der Waals surface area contributed by atoms with Crippen molar-refractivity contribution in [2.75, 3.05) is 5.43 Å². The lowest BCUT2D eigenvalue weighted by Gasteiger charge is -2.10. The van der Waals surface area contributed by atoms with E-state index in [1.807, 2.05) is 36.4 Å². The second-order valence-corrected chi connectivity index (χ2v) is 8.16. The maximum atomic E-state index is 11.2. The normalized spacial score (nSPS) is 11.1. The fraction of sp³-hybridized carbons (Fsp3) is 0.0476. The molecule has 1 aromatic heterocycles. The van der Waals surface area contributed by atoms with E-state index < -0.39 is 4.92 Å². The molecule has 4 aromatic rings. The van der Waals surface area contributed by atoms with Gasteiger partial charge in [-0.2, -0.15) is 5.10 Å². The number of thiazole rings is 1. The third-order valence-corrected chi connectivity index (χ3v) is 5.64. The van der Waals surface area contributed by atoms with E-state index in [1.165, 1.54) is 17.4 Å². The molecule has 0 aliphatic heterocycles. The third kappa shape index (κ3) is 4.64. The molecule has 0 saturated heterocycles. The second kappa shape index (κ2) is 9.02. The number of ether oxygens (including phenoxy) is 1. The molecular formula is C21H15BrN4O3S. The van der Waals surface area contributed by atoms with Crippen LogP contribution in [0.15, 0.2) is 76.3 Å². The minimum absolute atomic E-state index is 0.0299. The summed E-state index contributed by atoms with van der Waals surface area (Å²) in [5.41, 5.74) is 5.11. The third-order valence-electron chi connectivity index (χ3n) is 4.20. The van der Waals surface area contributed by atoms with Crippen LogP contribution < -0.4 is 10.2 Å². The van der Waals surface area contributed by atoms with Gasteiger partial charge in [-0.1, -0.05) is 51.5 Å². The molecule has 3 aromatic carbocycles. The van der Waals surface area contributed by atoms with Gasteiger partial charge in [0.15, 0.2) is 0 Å². The van der Waals surface area contributed by atoms with Gasteiger partial charge in [0.1, 0.15) is 12.4 Å². The number of hydrogen-bond donors (Lipinski definition) is 1. The fourth-order valence-corrected chi connectivity index (χ4v) is 3.99. The molecule has 150 valence electrons. The number of anilines is 1. The number of nitrogens with one attached hydrogen (secondary N) is 1. The summed E-state index contributed by atoms with van der Waals surface area (Å²) in [5.74, 6) is 0.561. The molecule has 0 radical (unpaired) electrons. The van der Waals surface area contributed by atoms with Crippen LogP contribution in [0.2, 0.25) is 0 Å². The van der Waals surface area contributed by atoms with Crippen LogP contribution in [0.1, 0.15) is 11.1 Å². The number of hydrogen-bond acceptors (Lipinski definition) is 7. The maximum absolute atomic E-state index is 11.2. The molecule has 0 bridgehead atoms. The molecule has 30 heavy (non-hydrogen) atoms. The summed E-state index contributed by atoms with van der Waals surface area (Å²) < 4.78 is 7.80.